The summed E-state index contributed by atoms with van der Waals surface area (Å²) >= 11 is 0. The van der Waals surface area contributed by atoms with Gasteiger partial charge in [-0.1, -0.05) is 38.1 Å². The molecule has 0 aliphatic carbocycles. The molecule has 1 aromatic rings. The lowest BCUT2D eigenvalue weighted by Gasteiger charge is -2.22. The first-order valence-corrected chi connectivity index (χ1v) is 8.22. The Hall–Kier alpha value is -0.900. The molecule has 3 nitrogen and oxygen atoms in total. The van der Waals surface area contributed by atoms with E-state index in [0.29, 0.717) is 25.2 Å². The quantitative estimate of drug-likeness (QED) is 0.795. The van der Waals surface area contributed by atoms with Crippen LogP contribution in [0.1, 0.15) is 44.2 Å². The van der Waals surface area contributed by atoms with Gasteiger partial charge in [-0.2, -0.15) is 0 Å². The predicted octanol–water partition coefficient (Wildman–Crippen LogP) is 3.52. The third-order valence-corrected chi connectivity index (χ3v) is 3.82. The molecule has 1 saturated heterocycles. The number of benzene rings is 1. The van der Waals surface area contributed by atoms with E-state index in [4.69, 9.17) is 9.47 Å². The van der Waals surface area contributed by atoms with Gasteiger partial charge in [0.15, 0.2) is 0 Å². The Balaban J connectivity index is 1.76. The number of nitrogens with one attached hydrogen (secondary N) is 1. The summed E-state index contributed by atoms with van der Waals surface area (Å²) in [5.41, 5.74) is 2.62. The van der Waals surface area contributed by atoms with Crippen molar-refractivity contribution in [3.8, 4) is 0 Å². The fourth-order valence-electron chi connectivity index (χ4n) is 2.61. The number of ether oxygens (including phenoxy) is 2. The van der Waals surface area contributed by atoms with Gasteiger partial charge in [0.25, 0.3) is 0 Å². The van der Waals surface area contributed by atoms with E-state index in [-0.39, 0.29) is 0 Å². The first-order chi connectivity index (χ1) is 10.3. The van der Waals surface area contributed by atoms with Crippen LogP contribution in [0.25, 0.3) is 0 Å². The van der Waals surface area contributed by atoms with Crippen LogP contribution in [0.15, 0.2) is 24.3 Å². The van der Waals surface area contributed by atoms with Gasteiger partial charge in [-0.3, -0.25) is 0 Å². The van der Waals surface area contributed by atoms with Gasteiger partial charge in [-0.05, 0) is 42.9 Å². The topological polar surface area (TPSA) is 30.5 Å². The normalized spacial score (nSPS) is 19.1. The minimum Gasteiger partial charge on any atom is -0.376 e. The highest BCUT2D eigenvalue weighted by Gasteiger charge is 2.14. The van der Waals surface area contributed by atoms with Crippen molar-refractivity contribution in [1.29, 1.82) is 0 Å². The lowest BCUT2D eigenvalue weighted by atomic mass is 10.1. The molecule has 2 rings (SSSR count). The van der Waals surface area contributed by atoms with Crippen molar-refractivity contribution in [3.63, 3.8) is 0 Å². The van der Waals surface area contributed by atoms with Crippen LogP contribution in [0.2, 0.25) is 0 Å². The molecule has 118 valence electrons. The Kier molecular flexibility index (Phi) is 7.20. The van der Waals surface area contributed by atoms with Gasteiger partial charge in [-0.15, -0.1) is 0 Å². The summed E-state index contributed by atoms with van der Waals surface area (Å²) < 4.78 is 11.6. The zero-order chi connectivity index (χ0) is 14.9. The van der Waals surface area contributed by atoms with E-state index in [2.05, 4.69) is 43.4 Å². The molecule has 1 N–H and O–H groups in total. The molecule has 1 heterocycles. The molecule has 0 saturated carbocycles. The highest BCUT2D eigenvalue weighted by atomic mass is 16.5. The molecule has 0 amide bonds. The Labute approximate surface area is 129 Å². The summed E-state index contributed by atoms with van der Waals surface area (Å²) in [6, 6.07) is 8.53. The van der Waals surface area contributed by atoms with Crippen molar-refractivity contribution in [2.75, 3.05) is 19.8 Å². The fourth-order valence-corrected chi connectivity index (χ4v) is 2.61. The number of rotatable bonds is 8. The molecule has 0 aromatic heterocycles. The Morgan fingerprint density at radius 2 is 2.05 bits per heavy atom. The Bertz CT molecular complexity index is 400. The van der Waals surface area contributed by atoms with Crippen molar-refractivity contribution in [2.45, 2.75) is 52.4 Å². The zero-order valence-corrected chi connectivity index (χ0v) is 13.4. The number of hydrogen-bond donors (Lipinski definition) is 1. The first-order valence-electron chi connectivity index (χ1n) is 8.22. The summed E-state index contributed by atoms with van der Waals surface area (Å²) in [6.45, 7) is 8.71. The Morgan fingerprint density at radius 1 is 1.24 bits per heavy atom. The summed E-state index contributed by atoms with van der Waals surface area (Å²) in [6.07, 6.45) is 3.90. The lowest BCUT2D eigenvalue weighted by molar-refractivity contribution is -0.0448. The second-order valence-electron chi connectivity index (χ2n) is 6.30. The maximum Gasteiger partial charge on any atom is 0.0808 e. The van der Waals surface area contributed by atoms with Crippen LogP contribution in [0, 0.1) is 5.92 Å². The van der Waals surface area contributed by atoms with Crippen LogP contribution in [0.3, 0.4) is 0 Å². The molecule has 0 spiro atoms. The van der Waals surface area contributed by atoms with E-state index in [9.17, 15) is 0 Å². The summed E-state index contributed by atoms with van der Waals surface area (Å²) in [5.74, 6) is 0.678. The molecule has 1 aliphatic heterocycles. The SMILES string of the molecule is CC(C)CNCc1ccccc1COCC1CCCCO1. The van der Waals surface area contributed by atoms with Crippen LogP contribution < -0.4 is 5.32 Å². The minimum absolute atomic E-state index is 0.296. The van der Waals surface area contributed by atoms with Crippen molar-refractivity contribution in [3.05, 3.63) is 35.4 Å². The average molecular weight is 291 g/mol. The van der Waals surface area contributed by atoms with E-state index < -0.39 is 0 Å². The van der Waals surface area contributed by atoms with Gasteiger partial charge in [0.05, 0.1) is 19.3 Å². The number of hydrogen-bond acceptors (Lipinski definition) is 3. The van der Waals surface area contributed by atoms with E-state index in [1.807, 2.05) is 0 Å². The van der Waals surface area contributed by atoms with E-state index in [0.717, 1.165) is 26.1 Å². The molecule has 1 atom stereocenters. The molecule has 0 radical (unpaired) electrons. The molecule has 1 unspecified atom stereocenters. The largest absolute Gasteiger partial charge is 0.376 e. The Morgan fingerprint density at radius 3 is 2.76 bits per heavy atom. The van der Waals surface area contributed by atoms with Crippen molar-refractivity contribution >= 4 is 0 Å². The maximum absolute atomic E-state index is 5.87. The molecule has 3 heteroatoms. The van der Waals surface area contributed by atoms with E-state index in [1.54, 1.807) is 0 Å². The highest BCUT2D eigenvalue weighted by Crippen LogP contribution is 2.15. The van der Waals surface area contributed by atoms with E-state index in [1.165, 1.54) is 24.0 Å². The zero-order valence-electron chi connectivity index (χ0n) is 13.4. The van der Waals surface area contributed by atoms with Crippen LogP contribution in [-0.4, -0.2) is 25.9 Å². The average Bonchev–Trinajstić information content (AvgIpc) is 2.49. The molecular weight excluding hydrogens is 262 g/mol. The van der Waals surface area contributed by atoms with Gasteiger partial charge in [0, 0.05) is 13.2 Å². The molecular formula is C18H29NO2. The summed E-state index contributed by atoms with van der Waals surface area (Å²) in [4.78, 5) is 0. The molecule has 1 aromatic carbocycles. The smallest absolute Gasteiger partial charge is 0.0808 e. The third-order valence-electron chi connectivity index (χ3n) is 3.82. The van der Waals surface area contributed by atoms with Crippen molar-refractivity contribution in [2.24, 2.45) is 5.92 Å². The predicted molar refractivity (Wildman–Crippen MR) is 86.2 cm³/mol. The summed E-state index contributed by atoms with van der Waals surface area (Å²) in [5, 5.41) is 3.50. The first kappa shape index (κ1) is 16.5. The summed E-state index contributed by atoms with van der Waals surface area (Å²) in [7, 11) is 0. The van der Waals surface area contributed by atoms with Crippen LogP contribution in [0.5, 0.6) is 0 Å². The second kappa shape index (κ2) is 9.19. The van der Waals surface area contributed by atoms with Gasteiger partial charge >= 0.3 is 0 Å². The van der Waals surface area contributed by atoms with Gasteiger partial charge in [0.1, 0.15) is 0 Å². The highest BCUT2D eigenvalue weighted by molar-refractivity contribution is 5.26. The lowest BCUT2D eigenvalue weighted by Crippen LogP contribution is -2.24. The van der Waals surface area contributed by atoms with Crippen LogP contribution >= 0.6 is 0 Å². The van der Waals surface area contributed by atoms with Gasteiger partial charge in [-0.25, -0.2) is 0 Å². The molecule has 21 heavy (non-hydrogen) atoms. The monoisotopic (exact) mass is 291 g/mol. The molecule has 1 aliphatic rings. The fraction of sp³-hybridized carbons (Fsp3) is 0.667. The van der Waals surface area contributed by atoms with Crippen molar-refractivity contribution in [1.82, 2.24) is 5.32 Å². The standard InChI is InChI=1S/C18H29NO2/c1-15(2)11-19-12-16-7-3-4-8-17(16)13-20-14-18-9-5-6-10-21-18/h3-4,7-8,15,18-19H,5-6,9-14H2,1-2H3. The van der Waals surface area contributed by atoms with E-state index >= 15 is 0 Å². The second-order valence-corrected chi connectivity index (χ2v) is 6.30. The van der Waals surface area contributed by atoms with Crippen molar-refractivity contribution < 1.29 is 9.47 Å². The molecule has 0 bridgehead atoms. The molecule has 1 fully saturated rings. The van der Waals surface area contributed by atoms with Gasteiger partial charge in [0.2, 0.25) is 0 Å². The third kappa shape index (κ3) is 6.16. The van der Waals surface area contributed by atoms with Crippen LogP contribution in [0.4, 0.5) is 0 Å². The van der Waals surface area contributed by atoms with Gasteiger partial charge < -0.3 is 14.8 Å². The van der Waals surface area contributed by atoms with Crippen LogP contribution in [-0.2, 0) is 22.6 Å². The minimum atomic E-state index is 0.296. The maximum atomic E-state index is 5.87.